The van der Waals surface area contributed by atoms with Gasteiger partial charge in [-0.3, -0.25) is 9.89 Å². The number of methoxy groups -OCH3 is 2. The first-order valence-electron chi connectivity index (χ1n) is 7.87. The molecule has 2 aromatic carbocycles. The van der Waals surface area contributed by atoms with Crippen LogP contribution in [0.2, 0.25) is 0 Å². The van der Waals surface area contributed by atoms with Gasteiger partial charge in [0.1, 0.15) is 17.2 Å². The van der Waals surface area contributed by atoms with E-state index in [9.17, 15) is 4.79 Å². The van der Waals surface area contributed by atoms with Crippen LogP contribution in [0.3, 0.4) is 0 Å². The molecule has 0 aliphatic carbocycles. The number of benzene rings is 2. The number of aromatic amines is 1. The van der Waals surface area contributed by atoms with Crippen LogP contribution in [0.25, 0.3) is 11.3 Å². The second-order valence-corrected chi connectivity index (χ2v) is 5.34. The van der Waals surface area contributed by atoms with Gasteiger partial charge in [-0.25, -0.2) is 5.43 Å². The van der Waals surface area contributed by atoms with Crippen molar-refractivity contribution in [2.45, 2.75) is 0 Å². The summed E-state index contributed by atoms with van der Waals surface area (Å²) in [6.45, 7) is 0. The normalized spacial score (nSPS) is 10.7. The summed E-state index contributed by atoms with van der Waals surface area (Å²) in [6.07, 6.45) is 1.54. The van der Waals surface area contributed by atoms with Crippen LogP contribution in [0.15, 0.2) is 59.7 Å². The number of para-hydroxylation sites is 1. The Labute approximate surface area is 150 Å². The van der Waals surface area contributed by atoms with Crippen LogP contribution < -0.4 is 14.9 Å². The van der Waals surface area contributed by atoms with Gasteiger partial charge in [-0.1, -0.05) is 24.3 Å². The second-order valence-electron chi connectivity index (χ2n) is 5.34. The fraction of sp³-hybridized carbons (Fsp3) is 0.105. The van der Waals surface area contributed by atoms with E-state index in [1.54, 1.807) is 20.3 Å². The van der Waals surface area contributed by atoms with Crippen LogP contribution in [-0.2, 0) is 0 Å². The Bertz CT molecular complexity index is 934. The van der Waals surface area contributed by atoms with Crippen molar-refractivity contribution in [1.29, 1.82) is 0 Å². The molecule has 1 heterocycles. The standard InChI is InChI=1S/C19H18N4O3/c1-25-14-7-5-6-13(10-14)12-20-23-19(24)17-11-16(21-22-17)15-8-3-4-9-18(15)26-2/h3-12H,1-2H3,(H,21,22)(H,23,24)/b20-12+. The van der Waals surface area contributed by atoms with Gasteiger partial charge in [-0.2, -0.15) is 10.2 Å². The first kappa shape index (κ1) is 17.2. The highest BCUT2D eigenvalue weighted by atomic mass is 16.5. The number of hydrogen-bond acceptors (Lipinski definition) is 5. The van der Waals surface area contributed by atoms with E-state index in [2.05, 4.69) is 20.7 Å². The summed E-state index contributed by atoms with van der Waals surface area (Å²) in [5.74, 6) is 1.01. The predicted molar refractivity (Wildman–Crippen MR) is 98.6 cm³/mol. The minimum absolute atomic E-state index is 0.300. The molecule has 132 valence electrons. The van der Waals surface area contributed by atoms with Crippen molar-refractivity contribution in [1.82, 2.24) is 15.6 Å². The Kier molecular flexibility index (Phi) is 5.28. The zero-order valence-corrected chi connectivity index (χ0v) is 14.4. The minimum atomic E-state index is -0.391. The molecule has 0 bridgehead atoms. The molecular weight excluding hydrogens is 332 g/mol. The molecule has 0 unspecified atom stereocenters. The third-order valence-electron chi connectivity index (χ3n) is 3.68. The van der Waals surface area contributed by atoms with Gasteiger partial charge < -0.3 is 9.47 Å². The zero-order valence-electron chi connectivity index (χ0n) is 14.4. The molecular formula is C19H18N4O3. The van der Waals surface area contributed by atoms with Crippen molar-refractivity contribution in [3.8, 4) is 22.8 Å². The monoisotopic (exact) mass is 350 g/mol. The zero-order chi connectivity index (χ0) is 18.4. The molecule has 0 aliphatic heterocycles. The van der Waals surface area contributed by atoms with E-state index in [1.165, 1.54) is 6.21 Å². The largest absolute Gasteiger partial charge is 0.497 e. The lowest BCUT2D eigenvalue weighted by Gasteiger charge is -2.04. The van der Waals surface area contributed by atoms with E-state index in [4.69, 9.17) is 9.47 Å². The van der Waals surface area contributed by atoms with Gasteiger partial charge in [-0.05, 0) is 35.9 Å². The molecule has 0 spiro atoms. The summed E-state index contributed by atoms with van der Waals surface area (Å²) in [4.78, 5) is 12.2. The summed E-state index contributed by atoms with van der Waals surface area (Å²) < 4.78 is 10.5. The molecule has 26 heavy (non-hydrogen) atoms. The van der Waals surface area contributed by atoms with Crippen molar-refractivity contribution in [2.24, 2.45) is 5.10 Å². The van der Waals surface area contributed by atoms with Gasteiger partial charge >= 0.3 is 0 Å². The molecule has 7 nitrogen and oxygen atoms in total. The summed E-state index contributed by atoms with van der Waals surface area (Å²) >= 11 is 0. The highest BCUT2D eigenvalue weighted by molar-refractivity contribution is 5.94. The highest BCUT2D eigenvalue weighted by Gasteiger charge is 2.13. The summed E-state index contributed by atoms with van der Waals surface area (Å²) in [5, 5.41) is 10.8. The van der Waals surface area contributed by atoms with E-state index in [0.29, 0.717) is 17.1 Å². The maximum absolute atomic E-state index is 12.2. The topological polar surface area (TPSA) is 88.6 Å². The fourth-order valence-corrected chi connectivity index (χ4v) is 2.38. The summed E-state index contributed by atoms with van der Waals surface area (Å²) in [5.41, 5.74) is 4.99. The number of hydrogen-bond donors (Lipinski definition) is 2. The Morgan fingerprint density at radius 2 is 1.96 bits per heavy atom. The van der Waals surface area contributed by atoms with Crippen LogP contribution in [-0.4, -0.2) is 36.5 Å². The Morgan fingerprint density at radius 3 is 2.77 bits per heavy atom. The quantitative estimate of drug-likeness (QED) is 0.528. The lowest BCUT2D eigenvalue weighted by atomic mass is 10.1. The van der Waals surface area contributed by atoms with Crippen molar-refractivity contribution in [2.75, 3.05) is 14.2 Å². The van der Waals surface area contributed by atoms with Gasteiger partial charge in [0.25, 0.3) is 5.91 Å². The molecule has 0 saturated heterocycles. The van der Waals surface area contributed by atoms with Crippen LogP contribution in [0.1, 0.15) is 16.1 Å². The second kappa shape index (κ2) is 7.98. The molecule has 0 atom stereocenters. The molecule has 1 amide bonds. The number of amides is 1. The molecule has 3 aromatic rings. The van der Waals surface area contributed by atoms with E-state index >= 15 is 0 Å². The number of rotatable bonds is 6. The van der Waals surface area contributed by atoms with Crippen LogP contribution in [0.5, 0.6) is 11.5 Å². The third-order valence-corrected chi connectivity index (χ3v) is 3.68. The number of hydrazone groups is 1. The molecule has 3 rings (SSSR count). The summed E-state index contributed by atoms with van der Waals surface area (Å²) in [6, 6.07) is 16.4. The number of nitrogens with one attached hydrogen (secondary N) is 2. The van der Waals surface area contributed by atoms with Gasteiger partial charge in [0.05, 0.1) is 26.1 Å². The predicted octanol–water partition coefficient (Wildman–Crippen LogP) is 2.86. The van der Waals surface area contributed by atoms with E-state index in [0.717, 1.165) is 16.9 Å². The minimum Gasteiger partial charge on any atom is -0.497 e. The van der Waals surface area contributed by atoms with Crippen molar-refractivity contribution < 1.29 is 14.3 Å². The van der Waals surface area contributed by atoms with Crippen molar-refractivity contribution >= 4 is 12.1 Å². The number of ether oxygens (including phenoxy) is 2. The number of H-pyrrole nitrogens is 1. The highest BCUT2D eigenvalue weighted by Crippen LogP contribution is 2.28. The van der Waals surface area contributed by atoms with Crippen molar-refractivity contribution in [3.63, 3.8) is 0 Å². The first-order chi connectivity index (χ1) is 12.7. The Balaban J connectivity index is 1.69. The van der Waals surface area contributed by atoms with Crippen LogP contribution >= 0.6 is 0 Å². The van der Waals surface area contributed by atoms with E-state index in [1.807, 2.05) is 48.5 Å². The van der Waals surface area contributed by atoms with Gasteiger partial charge in [0.15, 0.2) is 0 Å². The number of carbonyl (C=O) groups excluding carboxylic acids is 1. The Morgan fingerprint density at radius 1 is 1.12 bits per heavy atom. The molecule has 0 fully saturated rings. The molecule has 0 radical (unpaired) electrons. The van der Waals surface area contributed by atoms with Gasteiger partial charge in [0, 0.05) is 5.56 Å². The van der Waals surface area contributed by atoms with E-state index in [-0.39, 0.29) is 0 Å². The van der Waals surface area contributed by atoms with Gasteiger partial charge in [0.2, 0.25) is 0 Å². The smallest absolute Gasteiger partial charge is 0.289 e. The lowest BCUT2D eigenvalue weighted by molar-refractivity contribution is 0.0950. The first-order valence-corrected chi connectivity index (χ1v) is 7.87. The van der Waals surface area contributed by atoms with E-state index < -0.39 is 5.91 Å². The number of carbonyl (C=O) groups is 1. The van der Waals surface area contributed by atoms with Crippen LogP contribution in [0.4, 0.5) is 0 Å². The third kappa shape index (κ3) is 3.89. The number of nitrogens with zero attached hydrogens (tertiary/aromatic N) is 2. The average Bonchev–Trinajstić information content (AvgIpc) is 3.18. The summed E-state index contributed by atoms with van der Waals surface area (Å²) in [7, 11) is 3.18. The van der Waals surface area contributed by atoms with Crippen molar-refractivity contribution in [3.05, 3.63) is 65.9 Å². The Hall–Kier alpha value is -3.61. The molecule has 2 N–H and O–H groups in total. The number of aromatic nitrogens is 2. The van der Waals surface area contributed by atoms with Crippen LogP contribution in [0, 0.1) is 0 Å². The molecule has 7 heteroatoms. The maximum Gasteiger partial charge on any atom is 0.289 e. The molecule has 0 aliphatic rings. The fourth-order valence-electron chi connectivity index (χ4n) is 2.38. The van der Waals surface area contributed by atoms with Gasteiger partial charge in [-0.15, -0.1) is 0 Å². The molecule has 1 aromatic heterocycles. The lowest BCUT2D eigenvalue weighted by Crippen LogP contribution is -2.18. The SMILES string of the molecule is COc1cccc(/C=N/NC(=O)c2cc(-c3ccccc3OC)n[nH]2)c1. The molecule has 0 saturated carbocycles. The average molecular weight is 350 g/mol. The maximum atomic E-state index is 12.2.